The van der Waals surface area contributed by atoms with Gasteiger partial charge >= 0.3 is 35.5 Å². The van der Waals surface area contributed by atoms with E-state index in [0.717, 1.165) is 25.7 Å². The van der Waals surface area contributed by atoms with Crippen molar-refractivity contribution in [1.82, 2.24) is 0 Å². The van der Waals surface area contributed by atoms with Gasteiger partial charge in [0.1, 0.15) is 0 Å². The molecule has 0 aliphatic heterocycles. The van der Waals surface area contributed by atoms with E-state index in [-0.39, 0.29) is 48.2 Å². The molecule has 0 saturated heterocycles. The second-order valence-corrected chi connectivity index (χ2v) is 7.80. The zero-order chi connectivity index (χ0) is 21.7. The van der Waals surface area contributed by atoms with E-state index in [4.69, 9.17) is 4.74 Å². The number of hydrogen-bond acceptors (Lipinski definition) is 5. The molecule has 0 N–H and O–H groups in total. The zero-order valence-corrected chi connectivity index (χ0v) is 21.6. The number of carboxylic acids is 1. The summed E-state index contributed by atoms with van der Waals surface area (Å²) in [5, 5.41) is 10.3. The Kier molecular flexibility index (Phi) is 24.2. The number of esters is 1. The van der Waals surface area contributed by atoms with E-state index in [1.807, 2.05) is 0 Å². The Morgan fingerprint density at radius 1 is 0.767 bits per heavy atom. The minimum absolute atomic E-state index is 0. The molecule has 0 spiro atoms. The summed E-state index contributed by atoms with van der Waals surface area (Å²) in [5.74, 6) is -2.07. The molecule has 0 rings (SSSR count). The topological polar surface area (TPSA) is 83.5 Å². The van der Waals surface area contributed by atoms with Crippen LogP contribution in [0, 0.1) is 0 Å². The van der Waals surface area contributed by atoms with Crippen LogP contribution >= 0.6 is 0 Å². The van der Waals surface area contributed by atoms with Gasteiger partial charge in [0, 0.05) is 12.4 Å². The van der Waals surface area contributed by atoms with E-state index < -0.39 is 18.0 Å². The second-order valence-electron chi connectivity index (χ2n) is 7.80. The van der Waals surface area contributed by atoms with Crippen LogP contribution in [0.5, 0.6) is 0 Å². The molecule has 0 saturated carbocycles. The van der Waals surface area contributed by atoms with E-state index in [2.05, 4.69) is 19.1 Å². The molecule has 1 unspecified atom stereocenters. The maximum absolute atomic E-state index is 11.9. The van der Waals surface area contributed by atoms with Crippen LogP contribution in [-0.4, -0.2) is 23.8 Å². The number of carbonyl (C=O) groups excluding carboxylic acids is 3. The molecule has 168 valence electrons. The molecule has 30 heavy (non-hydrogen) atoms. The third-order valence-electron chi connectivity index (χ3n) is 4.98. The molecule has 0 aliphatic carbocycles. The van der Waals surface area contributed by atoms with Crippen molar-refractivity contribution in [1.29, 1.82) is 0 Å². The first-order chi connectivity index (χ1) is 14.0. The molecule has 1 atom stereocenters. The smallest absolute Gasteiger partial charge is 0.550 e. The van der Waals surface area contributed by atoms with Crippen LogP contribution in [0.1, 0.15) is 117 Å². The largest absolute Gasteiger partial charge is 1.00 e. The standard InChI is InChI=1S/C24H42O5.Na/c1-3-4-5-6-7-8-9-10-11-12-13-14-15-16-17-18-22(25)21(2)29-24(28)20-19-23(26)27;/h10-11,21H,3-9,12-20H2,1-2H3,(H,26,27);/q;+1/p-1/b11-10-;. The maximum atomic E-state index is 11.9. The molecular weight excluding hydrogens is 391 g/mol. The molecule has 5 nitrogen and oxygen atoms in total. The zero-order valence-electron chi connectivity index (χ0n) is 19.6. The van der Waals surface area contributed by atoms with Gasteiger partial charge in [0.15, 0.2) is 11.9 Å². The number of carboxylic acid groups (broad SMARTS) is 1. The Bertz CT molecular complexity index is 476. The fraction of sp³-hybridized carbons (Fsp3) is 0.792. The summed E-state index contributed by atoms with van der Waals surface area (Å²) in [6, 6.07) is 0. The minimum atomic E-state index is -1.30. The number of hydrogen-bond donors (Lipinski definition) is 0. The van der Waals surface area contributed by atoms with Crippen molar-refractivity contribution in [3.63, 3.8) is 0 Å². The summed E-state index contributed by atoms with van der Waals surface area (Å²) in [4.78, 5) is 33.6. The van der Waals surface area contributed by atoms with Crippen LogP contribution < -0.4 is 34.7 Å². The number of unbranched alkanes of at least 4 members (excludes halogenated alkanes) is 11. The van der Waals surface area contributed by atoms with Crippen LogP contribution in [0.25, 0.3) is 0 Å². The average Bonchev–Trinajstić information content (AvgIpc) is 2.69. The number of Topliss-reactive ketones (excluding diaryl/α,β-unsaturated/α-hetero) is 1. The molecule has 0 amide bonds. The summed E-state index contributed by atoms with van der Waals surface area (Å²) in [6.45, 7) is 3.78. The second kappa shape index (κ2) is 23.0. The molecule has 0 aromatic rings. The van der Waals surface area contributed by atoms with Crippen LogP contribution in [0.2, 0.25) is 0 Å². The van der Waals surface area contributed by atoms with Crippen LogP contribution in [0.3, 0.4) is 0 Å². The minimum Gasteiger partial charge on any atom is -0.550 e. The number of allylic oxidation sites excluding steroid dienone is 2. The first kappa shape index (κ1) is 31.5. The monoisotopic (exact) mass is 432 g/mol. The molecule has 6 heteroatoms. The van der Waals surface area contributed by atoms with Crippen LogP contribution in [-0.2, 0) is 19.1 Å². The van der Waals surface area contributed by atoms with Crippen molar-refractivity contribution in [2.75, 3.05) is 0 Å². The molecule has 0 heterocycles. The van der Waals surface area contributed by atoms with Crippen LogP contribution in [0.4, 0.5) is 0 Å². The van der Waals surface area contributed by atoms with Crippen molar-refractivity contribution < 1.29 is 53.8 Å². The third kappa shape index (κ3) is 22.0. The van der Waals surface area contributed by atoms with E-state index in [0.29, 0.717) is 6.42 Å². The average molecular weight is 433 g/mol. The van der Waals surface area contributed by atoms with Crippen molar-refractivity contribution in [3.8, 4) is 0 Å². The van der Waals surface area contributed by atoms with Gasteiger partial charge in [-0.2, -0.15) is 0 Å². The number of rotatable bonds is 20. The van der Waals surface area contributed by atoms with Gasteiger partial charge in [0.2, 0.25) is 0 Å². The Labute approximate surface area is 205 Å². The van der Waals surface area contributed by atoms with Gasteiger partial charge in [-0.15, -0.1) is 0 Å². The Morgan fingerprint density at radius 2 is 1.27 bits per heavy atom. The van der Waals surface area contributed by atoms with Gasteiger partial charge in [-0.25, -0.2) is 0 Å². The number of ketones is 1. The van der Waals surface area contributed by atoms with E-state index in [1.165, 1.54) is 64.7 Å². The summed E-state index contributed by atoms with van der Waals surface area (Å²) in [6.07, 6.45) is 19.2. The van der Waals surface area contributed by atoms with Gasteiger partial charge in [-0.05, 0) is 45.4 Å². The summed E-state index contributed by atoms with van der Waals surface area (Å²) < 4.78 is 4.95. The SMILES string of the molecule is CCCCCCCC/C=C\CCCCCCCC(=O)C(C)OC(=O)CCC(=O)[O-].[Na+]. The van der Waals surface area contributed by atoms with Gasteiger partial charge in [0.25, 0.3) is 0 Å². The van der Waals surface area contributed by atoms with Gasteiger partial charge < -0.3 is 14.6 Å². The van der Waals surface area contributed by atoms with Crippen molar-refractivity contribution in [2.45, 2.75) is 123 Å². The molecule has 0 aliphatic rings. The Balaban J connectivity index is 0. The van der Waals surface area contributed by atoms with Crippen LogP contribution in [0.15, 0.2) is 12.2 Å². The molecule has 0 fully saturated rings. The van der Waals surface area contributed by atoms with Gasteiger partial charge in [-0.1, -0.05) is 70.4 Å². The maximum Gasteiger partial charge on any atom is 1.00 e. The fourth-order valence-corrected chi connectivity index (χ4v) is 3.10. The molecule has 0 aromatic heterocycles. The van der Waals surface area contributed by atoms with Crippen molar-refractivity contribution in [2.24, 2.45) is 0 Å². The van der Waals surface area contributed by atoms with E-state index in [1.54, 1.807) is 0 Å². The normalized spacial score (nSPS) is 11.8. The van der Waals surface area contributed by atoms with Gasteiger partial charge in [-0.3, -0.25) is 9.59 Å². The summed E-state index contributed by atoms with van der Waals surface area (Å²) in [7, 11) is 0. The first-order valence-electron chi connectivity index (χ1n) is 11.5. The molecular formula is C24H41NaO5. The van der Waals surface area contributed by atoms with Gasteiger partial charge in [0.05, 0.1) is 6.42 Å². The fourth-order valence-electron chi connectivity index (χ4n) is 3.10. The van der Waals surface area contributed by atoms with E-state index >= 15 is 0 Å². The predicted molar refractivity (Wildman–Crippen MR) is 114 cm³/mol. The molecule has 0 bridgehead atoms. The molecule has 0 aromatic carbocycles. The van der Waals surface area contributed by atoms with Crippen molar-refractivity contribution in [3.05, 3.63) is 12.2 Å². The molecule has 0 radical (unpaired) electrons. The summed E-state index contributed by atoms with van der Waals surface area (Å²) >= 11 is 0. The van der Waals surface area contributed by atoms with E-state index in [9.17, 15) is 19.5 Å². The first-order valence-corrected chi connectivity index (χ1v) is 11.5. The summed E-state index contributed by atoms with van der Waals surface area (Å²) in [5.41, 5.74) is 0. The number of ether oxygens (including phenoxy) is 1. The third-order valence-corrected chi connectivity index (χ3v) is 4.98. The quantitative estimate of drug-likeness (QED) is 0.127. The number of aliphatic carboxylic acids is 1. The Morgan fingerprint density at radius 3 is 1.80 bits per heavy atom. The predicted octanol–water partition coefficient (Wildman–Crippen LogP) is 2.06. The number of carbonyl (C=O) groups is 3. The Hall–Kier alpha value is -0.650. The van der Waals surface area contributed by atoms with Crippen molar-refractivity contribution >= 4 is 17.7 Å².